The van der Waals surface area contributed by atoms with E-state index in [1.165, 1.54) is 0 Å². The van der Waals surface area contributed by atoms with E-state index in [1.54, 1.807) is 18.4 Å². The maximum atomic E-state index is 11.3. The van der Waals surface area contributed by atoms with E-state index in [0.29, 0.717) is 0 Å². The first-order valence-corrected chi connectivity index (χ1v) is 8.65. The number of dihydropyridines is 1. The third-order valence-electron chi connectivity index (χ3n) is 2.45. The molecule has 78 valence electrons. The molecule has 1 aliphatic heterocycles. The molecule has 1 aliphatic rings. The van der Waals surface area contributed by atoms with Gasteiger partial charge in [-0.05, 0) is 22.0 Å². The first kappa shape index (κ1) is 11.5. The Hall–Kier alpha value is -0.553. The van der Waals surface area contributed by atoms with Crippen LogP contribution in [-0.2, 0) is 4.79 Å². The van der Waals surface area contributed by atoms with Gasteiger partial charge < -0.3 is 10.4 Å². The van der Waals surface area contributed by atoms with Crippen LogP contribution in [0.1, 0.15) is 0 Å². The van der Waals surface area contributed by atoms with Gasteiger partial charge in [-0.1, -0.05) is 25.7 Å². The van der Waals surface area contributed by atoms with Crippen LogP contribution in [0.25, 0.3) is 0 Å². The van der Waals surface area contributed by atoms with Crippen LogP contribution < -0.4 is 5.32 Å². The van der Waals surface area contributed by atoms with Crippen molar-refractivity contribution in [3.63, 3.8) is 0 Å². The van der Waals surface area contributed by atoms with Crippen LogP contribution >= 0.6 is 15.9 Å². The summed E-state index contributed by atoms with van der Waals surface area (Å²) >= 11 is 3.29. The smallest absolute Gasteiger partial charge is 0.329 e. The zero-order valence-electron chi connectivity index (χ0n) is 8.47. The zero-order chi connectivity index (χ0) is 11.0. The maximum Gasteiger partial charge on any atom is 0.329 e. The molecular weight excluding hydrogens is 262 g/mol. The SMILES string of the molecule is C[Si](C)(C)C1(C(=O)O)C=CC(Br)=CN1. The number of aliphatic carboxylic acids is 1. The topological polar surface area (TPSA) is 49.3 Å². The summed E-state index contributed by atoms with van der Waals surface area (Å²) in [5, 5.41) is 11.4. The van der Waals surface area contributed by atoms with Gasteiger partial charge in [-0.3, -0.25) is 0 Å². The molecule has 1 atom stereocenters. The number of carboxylic acid groups (broad SMARTS) is 1. The van der Waals surface area contributed by atoms with Gasteiger partial charge in [-0.2, -0.15) is 0 Å². The van der Waals surface area contributed by atoms with Crippen molar-refractivity contribution in [2.24, 2.45) is 0 Å². The number of rotatable bonds is 2. The van der Waals surface area contributed by atoms with Crippen LogP contribution in [0, 0.1) is 0 Å². The van der Waals surface area contributed by atoms with Gasteiger partial charge in [0.05, 0.1) is 8.07 Å². The molecular formula is C9H14BrNO2Si. The molecule has 0 aliphatic carbocycles. The lowest BCUT2D eigenvalue weighted by molar-refractivity contribution is -0.139. The minimum Gasteiger partial charge on any atom is -0.480 e. The van der Waals surface area contributed by atoms with Gasteiger partial charge in [-0.15, -0.1) is 0 Å². The largest absolute Gasteiger partial charge is 0.480 e. The molecule has 0 amide bonds. The summed E-state index contributed by atoms with van der Waals surface area (Å²) in [5.74, 6) is -0.802. The molecule has 5 heteroatoms. The molecule has 0 bridgehead atoms. The van der Waals surface area contributed by atoms with Crippen molar-refractivity contribution < 1.29 is 9.90 Å². The highest BCUT2D eigenvalue weighted by molar-refractivity contribution is 9.11. The number of halogens is 1. The Morgan fingerprint density at radius 3 is 2.43 bits per heavy atom. The molecule has 0 fully saturated rings. The number of nitrogens with one attached hydrogen (secondary N) is 1. The number of hydrogen-bond donors (Lipinski definition) is 2. The summed E-state index contributed by atoms with van der Waals surface area (Å²) in [6, 6.07) is 0. The second kappa shape index (κ2) is 3.55. The molecule has 0 saturated carbocycles. The van der Waals surface area contributed by atoms with Gasteiger partial charge in [0.2, 0.25) is 0 Å². The fourth-order valence-electron chi connectivity index (χ4n) is 1.40. The van der Waals surface area contributed by atoms with Gasteiger partial charge >= 0.3 is 5.97 Å². The van der Waals surface area contributed by atoms with Gasteiger partial charge in [0.1, 0.15) is 5.16 Å². The summed E-state index contributed by atoms with van der Waals surface area (Å²) < 4.78 is 0.868. The Morgan fingerprint density at radius 2 is 2.14 bits per heavy atom. The molecule has 0 saturated heterocycles. The van der Waals surface area contributed by atoms with E-state index in [0.717, 1.165) is 4.48 Å². The fraction of sp³-hybridized carbons (Fsp3) is 0.444. The quantitative estimate of drug-likeness (QED) is 0.759. The van der Waals surface area contributed by atoms with E-state index < -0.39 is 19.2 Å². The predicted octanol–water partition coefficient (Wildman–Crippen LogP) is 2.08. The standard InChI is InChI=1S/C9H14BrNO2Si/c1-14(2,3)9(8(12)13)5-4-7(10)6-11-9/h4-6,11H,1-3H3,(H,12,13). The number of carbonyl (C=O) groups is 1. The first-order chi connectivity index (χ1) is 6.29. The molecule has 1 heterocycles. The highest BCUT2D eigenvalue weighted by atomic mass is 79.9. The minimum atomic E-state index is -1.86. The zero-order valence-corrected chi connectivity index (χ0v) is 11.1. The predicted molar refractivity (Wildman–Crippen MR) is 63.0 cm³/mol. The van der Waals surface area contributed by atoms with E-state index in [-0.39, 0.29) is 0 Å². The van der Waals surface area contributed by atoms with Crippen molar-refractivity contribution in [2.45, 2.75) is 24.8 Å². The van der Waals surface area contributed by atoms with Crippen molar-refractivity contribution in [2.75, 3.05) is 0 Å². The lowest BCUT2D eigenvalue weighted by Crippen LogP contribution is -2.65. The molecule has 1 unspecified atom stereocenters. The van der Waals surface area contributed by atoms with E-state index >= 15 is 0 Å². The average molecular weight is 276 g/mol. The molecule has 0 aromatic carbocycles. The van der Waals surface area contributed by atoms with Crippen LogP contribution in [-0.4, -0.2) is 24.3 Å². The molecule has 3 nitrogen and oxygen atoms in total. The molecule has 0 spiro atoms. The highest BCUT2D eigenvalue weighted by Gasteiger charge is 2.48. The molecule has 14 heavy (non-hydrogen) atoms. The van der Waals surface area contributed by atoms with E-state index in [1.807, 2.05) is 19.6 Å². The molecule has 0 aromatic rings. The Labute approximate surface area is 93.0 Å². The summed E-state index contributed by atoms with van der Waals surface area (Å²) in [7, 11) is -1.86. The monoisotopic (exact) mass is 275 g/mol. The lowest BCUT2D eigenvalue weighted by atomic mass is 10.2. The number of hydrogen-bond acceptors (Lipinski definition) is 2. The number of carboxylic acids is 1. The van der Waals surface area contributed by atoms with Gasteiger partial charge in [0.15, 0.2) is 0 Å². The summed E-state index contributed by atoms with van der Waals surface area (Å²) in [4.78, 5) is 11.3. The Bertz CT molecular complexity index is 319. The van der Waals surface area contributed by atoms with Crippen LogP contribution in [0.3, 0.4) is 0 Å². The van der Waals surface area contributed by atoms with Crippen molar-refractivity contribution in [3.8, 4) is 0 Å². The first-order valence-electron chi connectivity index (χ1n) is 4.35. The van der Waals surface area contributed by atoms with Gasteiger partial charge in [-0.25, -0.2) is 4.79 Å². The Balaban J connectivity index is 3.12. The van der Waals surface area contributed by atoms with Crippen molar-refractivity contribution in [3.05, 3.63) is 22.8 Å². The lowest BCUT2D eigenvalue weighted by Gasteiger charge is -2.39. The summed E-state index contributed by atoms with van der Waals surface area (Å²) in [5.41, 5.74) is 0. The molecule has 2 N–H and O–H groups in total. The summed E-state index contributed by atoms with van der Waals surface area (Å²) in [6.07, 6.45) is 5.24. The van der Waals surface area contributed by atoms with Crippen molar-refractivity contribution >= 4 is 30.0 Å². The average Bonchev–Trinajstić information content (AvgIpc) is 2.02. The normalized spacial score (nSPS) is 26.7. The Morgan fingerprint density at radius 1 is 1.57 bits per heavy atom. The van der Waals surface area contributed by atoms with E-state index in [2.05, 4.69) is 21.2 Å². The van der Waals surface area contributed by atoms with E-state index in [9.17, 15) is 9.90 Å². The van der Waals surface area contributed by atoms with Crippen LogP contribution in [0.5, 0.6) is 0 Å². The minimum absolute atomic E-state index is 0.802. The highest BCUT2D eigenvalue weighted by Crippen LogP contribution is 2.27. The molecule has 0 radical (unpaired) electrons. The second-order valence-corrected chi connectivity index (χ2v) is 10.6. The van der Waals surface area contributed by atoms with Crippen molar-refractivity contribution in [1.29, 1.82) is 0 Å². The fourth-order valence-corrected chi connectivity index (χ4v) is 3.38. The van der Waals surface area contributed by atoms with Gasteiger partial charge in [0, 0.05) is 10.7 Å². The molecule has 0 aromatic heterocycles. The van der Waals surface area contributed by atoms with Crippen LogP contribution in [0.4, 0.5) is 0 Å². The number of allylic oxidation sites excluding steroid dienone is 2. The van der Waals surface area contributed by atoms with Crippen LogP contribution in [0.15, 0.2) is 22.8 Å². The maximum absolute atomic E-state index is 11.3. The van der Waals surface area contributed by atoms with Gasteiger partial charge in [0.25, 0.3) is 0 Å². The second-order valence-electron chi connectivity index (χ2n) is 4.37. The molecule has 1 rings (SSSR count). The van der Waals surface area contributed by atoms with E-state index in [4.69, 9.17) is 0 Å². The third-order valence-corrected chi connectivity index (χ3v) is 5.83. The third kappa shape index (κ3) is 1.79. The van der Waals surface area contributed by atoms with Crippen molar-refractivity contribution in [1.82, 2.24) is 5.32 Å². The summed E-state index contributed by atoms with van der Waals surface area (Å²) in [6.45, 7) is 6.10. The Kier molecular flexibility index (Phi) is 2.92. The van der Waals surface area contributed by atoms with Crippen LogP contribution in [0.2, 0.25) is 19.6 Å².